The molecule has 1 aliphatic rings. The summed E-state index contributed by atoms with van der Waals surface area (Å²) in [6.45, 7) is 5.17. The summed E-state index contributed by atoms with van der Waals surface area (Å²) >= 11 is 0. The minimum Gasteiger partial charge on any atom is -0.378 e. The van der Waals surface area contributed by atoms with E-state index in [-0.39, 0.29) is 11.9 Å². The summed E-state index contributed by atoms with van der Waals surface area (Å²) in [5.74, 6) is 0.648. The highest BCUT2D eigenvalue weighted by atomic mass is 19.1. The van der Waals surface area contributed by atoms with E-state index in [1.165, 1.54) is 23.3 Å². The maximum absolute atomic E-state index is 13.1. The Morgan fingerprint density at radius 2 is 1.92 bits per heavy atom. The normalized spacial score (nSPS) is 18.2. The van der Waals surface area contributed by atoms with Crippen molar-refractivity contribution < 1.29 is 9.13 Å². The third-order valence-electron chi connectivity index (χ3n) is 4.81. The number of hydrogen-bond donors (Lipinski definition) is 1. The number of morpholine rings is 1. The molecular weight excluding hydrogens is 329 g/mol. The molecule has 0 unspecified atom stereocenters. The van der Waals surface area contributed by atoms with Crippen molar-refractivity contribution in [3.63, 3.8) is 0 Å². The molecule has 4 rings (SSSR count). The van der Waals surface area contributed by atoms with E-state index in [1.54, 1.807) is 18.3 Å². The van der Waals surface area contributed by atoms with Gasteiger partial charge in [0, 0.05) is 13.1 Å². The third kappa shape index (κ3) is 3.69. The molecule has 1 atom stereocenters. The second kappa shape index (κ2) is 7.40. The molecule has 1 aliphatic heterocycles. The van der Waals surface area contributed by atoms with Gasteiger partial charge in [-0.2, -0.15) is 0 Å². The lowest BCUT2D eigenvalue weighted by Crippen LogP contribution is -2.39. The predicted octanol–water partition coefficient (Wildman–Crippen LogP) is 4.10. The first-order valence-electron chi connectivity index (χ1n) is 8.87. The minimum atomic E-state index is -0.238. The minimum absolute atomic E-state index is 0.0826. The SMILES string of the molecule is Cc1ccc(CN2CCOC[C@H]2c2ncc(-c3ccc(F)cc3)[nH]2)cc1. The molecule has 134 valence electrons. The van der Waals surface area contributed by atoms with Crippen molar-refractivity contribution in [3.8, 4) is 11.3 Å². The molecule has 0 bridgehead atoms. The molecule has 0 saturated carbocycles. The summed E-state index contributed by atoms with van der Waals surface area (Å²) in [5.41, 5.74) is 4.36. The van der Waals surface area contributed by atoms with Gasteiger partial charge in [-0.15, -0.1) is 0 Å². The first-order valence-corrected chi connectivity index (χ1v) is 8.87. The number of aryl methyl sites for hydroxylation is 1. The molecule has 4 nitrogen and oxygen atoms in total. The Bertz CT molecular complexity index is 858. The number of aromatic amines is 1. The van der Waals surface area contributed by atoms with E-state index in [0.29, 0.717) is 6.61 Å². The number of ether oxygens (including phenoxy) is 1. The van der Waals surface area contributed by atoms with Crippen molar-refractivity contribution >= 4 is 0 Å². The average molecular weight is 351 g/mol. The molecule has 0 aliphatic carbocycles. The van der Waals surface area contributed by atoms with E-state index in [9.17, 15) is 4.39 Å². The van der Waals surface area contributed by atoms with E-state index in [2.05, 4.69) is 46.1 Å². The summed E-state index contributed by atoms with van der Waals surface area (Å²) in [6, 6.07) is 15.2. The van der Waals surface area contributed by atoms with Crippen LogP contribution in [0.3, 0.4) is 0 Å². The first-order chi connectivity index (χ1) is 12.7. The fourth-order valence-electron chi connectivity index (χ4n) is 3.29. The Morgan fingerprint density at radius 1 is 1.15 bits per heavy atom. The van der Waals surface area contributed by atoms with Crippen LogP contribution in [0.5, 0.6) is 0 Å². The number of hydrogen-bond acceptors (Lipinski definition) is 3. The molecule has 0 spiro atoms. The van der Waals surface area contributed by atoms with Gasteiger partial charge in [0.1, 0.15) is 11.6 Å². The first kappa shape index (κ1) is 16.9. The molecule has 0 amide bonds. The average Bonchev–Trinajstić information content (AvgIpc) is 3.15. The number of nitrogens with zero attached hydrogens (tertiary/aromatic N) is 2. The molecule has 1 aromatic heterocycles. The zero-order valence-electron chi connectivity index (χ0n) is 14.8. The van der Waals surface area contributed by atoms with Gasteiger partial charge in [-0.25, -0.2) is 9.37 Å². The summed E-state index contributed by atoms with van der Waals surface area (Å²) < 4.78 is 18.8. The van der Waals surface area contributed by atoms with E-state index < -0.39 is 0 Å². The number of imidazole rings is 1. The van der Waals surface area contributed by atoms with Crippen LogP contribution in [-0.4, -0.2) is 34.6 Å². The van der Waals surface area contributed by atoms with Crippen LogP contribution < -0.4 is 0 Å². The van der Waals surface area contributed by atoms with Gasteiger partial charge in [-0.05, 0) is 42.3 Å². The van der Waals surface area contributed by atoms with Crippen LogP contribution in [0.4, 0.5) is 4.39 Å². The highest BCUT2D eigenvalue weighted by Gasteiger charge is 2.27. The van der Waals surface area contributed by atoms with Crippen LogP contribution in [0.2, 0.25) is 0 Å². The molecule has 2 aromatic carbocycles. The quantitative estimate of drug-likeness (QED) is 0.769. The van der Waals surface area contributed by atoms with Crippen molar-refractivity contribution in [2.45, 2.75) is 19.5 Å². The molecule has 26 heavy (non-hydrogen) atoms. The number of halogens is 1. The predicted molar refractivity (Wildman–Crippen MR) is 99.1 cm³/mol. The lowest BCUT2D eigenvalue weighted by atomic mass is 10.1. The number of nitrogens with one attached hydrogen (secondary N) is 1. The molecule has 1 saturated heterocycles. The molecule has 2 heterocycles. The highest BCUT2D eigenvalue weighted by Crippen LogP contribution is 2.26. The standard InChI is InChI=1S/C21H22FN3O/c1-15-2-4-16(5-3-15)13-25-10-11-26-14-20(25)21-23-12-19(24-21)17-6-8-18(22)9-7-17/h2-9,12,20H,10-11,13-14H2,1H3,(H,23,24)/t20-/m0/s1. The number of aromatic nitrogens is 2. The fraction of sp³-hybridized carbons (Fsp3) is 0.286. The van der Waals surface area contributed by atoms with Crippen molar-refractivity contribution in [1.82, 2.24) is 14.9 Å². The van der Waals surface area contributed by atoms with Crippen molar-refractivity contribution in [2.24, 2.45) is 0 Å². The van der Waals surface area contributed by atoms with E-state index in [0.717, 1.165) is 36.8 Å². The largest absolute Gasteiger partial charge is 0.378 e. The van der Waals surface area contributed by atoms with Crippen LogP contribution in [0.1, 0.15) is 23.0 Å². The lowest BCUT2D eigenvalue weighted by Gasteiger charge is -2.34. The van der Waals surface area contributed by atoms with Crippen LogP contribution in [0.25, 0.3) is 11.3 Å². The van der Waals surface area contributed by atoms with Gasteiger partial charge in [0.05, 0.1) is 31.1 Å². The van der Waals surface area contributed by atoms with E-state index in [1.807, 2.05) is 0 Å². The third-order valence-corrected chi connectivity index (χ3v) is 4.81. The van der Waals surface area contributed by atoms with Gasteiger partial charge in [0.15, 0.2) is 0 Å². The topological polar surface area (TPSA) is 41.1 Å². The number of benzene rings is 2. The van der Waals surface area contributed by atoms with Crippen LogP contribution >= 0.6 is 0 Å². The van der Waals surface area contributed by atoms with Gasteiger partial charge >= 0.3 is 0 Å². The molecule has 1 fully saturated rings. The summed E-state index contributed by atoms with van der Waals surface area (Å²) in [4.78, 5) is 10.4. The maximum atomic E-state index is 13.1. The molecule has 0 radical (unpaired) electrons. The Hall–Kier alpha value is -2.50. The van der Waals surface area contributed by atoms with E-state index in [4.69, 9.17) is 4.74 Å². The second-order valence-corrected chi connectivity index (χ2v) is 6.74. The summed E-state index contributed by atoms with van der Waals surface area (Å²) in [6.07, 6.45) is 1.81. The van der Waals surface area contributed by atoms with E-state index >= 15 is 0 Å². The van der Waals surface area contributed by atoms with Gasteiger partial charge < -0.3 is 9.72 Å². The Balaban J connectivity index is 1.54. The van der Waals surface area contributed by atoms with Crippen LogP contribution in [0.15, 0.2) is 54.7 Å². The Kier molecular flexibility index (Phi) is 4.82. The zero-order valence-corrected chi connectivity index (χ0v) is 14.8. The Morgan fingerprint density at radius 3 is 2.69 bits per heavy atom. The summed E-state index contributed by atoms with van der Waals surface area (Å²) in [5, 5.41) is 0. The highest BCUT2D eigenvalue weighted by molar-refractivity contribution is 5.58. The molecule has 3 aromatic rings. The van der Waals surface area contributed by atoms with Crippen molar-refractivity contribution in [3.05, 3.63) is 77.5 Å². The van der Waals surface area contributed by atoms with Gasteiger partial charge in [0.25, 0.3) is 0 Å². The maximum Gasteiger partial charge on any atom is 0.126 e. The smallest absolute Gasteiger partial charge is 0.126 e. The van der Waals surface area contributed by atoms with Crippen molar-refractivity contribution in [2.75, 3.05) is 19.8 Å². The van der Waals surface area contributed by atoms with Crippen LogP contribution in [0, 0.1) is 12.7 Å². The zero-order chi connectivity index (χ0) is 17.9. The molecular formula is C21H22FN3O. The van der Waals surface area contributed by atoms with Crippen LogP contribution in [-0.2, 0) is 11.3 Å². The summed E-state index contributed by atoms with van der Waals surface area (Å²) in [7, 11) is 0. The molecule has 1 N–H and O–H groups in total. The van der Waals surface area contributed by atoms with Crippen molar-refractivity contribution in [1.29, 1.82) is 0 Å². The van der Waals surface area contributed by atoms with Gasteiger partial charge in [-0.1, -0.05) is 29.8 Å². The Labute approximate surface area is 152 Å². The monoisotopic (exact) mass is 351 g/mol. The number of rotatable bonds is 4. The fourth-order valence-corrected chi connectivity index (χ4v) is 3.29. The second-order valence-electron chi connectivity index (χ2n) is 6.74. The van der Waals surface area contributed by atoms with Gasteiger partial charge in [0.2, 0.25) is 0 Å². The lowest BCUT2D eigenvalue weighted by molar-refractivity contribution is -0.0156. The molecule has 5 heteroatoms. The number of H-pyrrole nitrogens is 1. The van der Waals surface area contributed by atoms with Gasteiger partial charge in [-0.3, -0.25) is 4.90 Å².